The number of anilines is 2. The normalized spacial score (nSPS) is 19.7. The molecule has 8 rings (SSSR count). The highest BCUT2D eigenvalue weighted by Gasteiger charge is 2.46. The van der Waals surface area contributed by atoms with E-state index < -0.39 is 41.6 Å². The van der Waals surface area contributed by atoms with Gasteiger partial charge in [-0.05, 0) is 82.4 Å². The van der Waals surface area contributed by atoms with Crippen LogP contribution in [0.5, 0.6) is 5.75 Å². The molecule has 4 aliphatic heterocycles. The van der Waals surface area contributed by atoms with Gasteiger partial charge in [0.05, 0.1) is 34.4 Å². The monoisotopic (exact) mass is 859 g/mol. The Kier molecular flexibility index (Phi) is 12.4. The molecule has 3 fully saturated rings. The second kappa shape index (κ2) is 17.9. The van der Waals surface area contributed by atoms with Crippen molar-refractivity contribution in [2.75, 3.05) is 50.3 Å². The molecule has 2 aromatic carbocycles. The van der Waals surface area contributed by atoms with Crippen LogP contribution in [0.3, 0.4) is 0 Å². The number of benzene rings is 2. The molecule has 2 unspecified atom stereocenters. The number of aromatic nitrogens is 3. The second-order valence-electron chi connectivity index (χ2n) is 16.1. The molecule has 4 N–H and O–H groups in total. The fourth-order valence-electron chi connectivity index (χ4n) is 8.69. The van der Waals surface area contributed by atoms with E-state index in [1.165, 1.54) is 18.6 Å². The fraction of sp³-hybridized carbons (Fsp3) is 0.442. The minimum absolute atomic E-state index is 0.0879. The van der Waals surface area contributed by atoms with Gasteiger partial charge in [-0.25, -0.2) is 9.37 Å². The SMILES string of the molecule is CC(Oc1cc(-c2cnn(C3CCN(CCCCCCN4CC(Nc5cccc6c5C(=O)N(C5CCC(=O)NC5=O)C6=O)C4)CC3)c2)cnc1N)c1c(Cl)ccc(F)c1Cl. The molecule has 2 atom stereocenters. The number of amides is 4. The number of fused-ring (bicyclic) bond motifs is 1. The first-order valence-corrected chi connectivity index (χ1v) is 21.4. The lowest BCUT2D eigenvalue weighted by atomic mass is 10.0. The summed E-state index contributed by atoms with van der Waals surface area (Å²) in [5.41, 5.74) is 9.36. The number of carbonyl (C=O) groups is 4. The molecule has 17 heteroatoms. The van der Waals surface area contributed by atoms with Crippen molar-refractivity contribution in [3.05, 3.63) is 87.5 Å². The van der Waals surface area contributed by atoms with Gasteiger partial charge in [-0.1, -0.05) is 42.1 Å². The van der Waals surface area contributed by atoms with Gasteiger partial charge in [0.25, 0.3) is 11.8 Å². The zero-order valence-electron chi connectivity index (χ0n) is 33.3. The second-order valence-corrected chi connectivity index (χ2v) is 16.9. The average Bonchev–Trinajstić information content (AvgIpc) is 3.81. The lowest BCUT2D eigenvalue weighted by Crippen LogP contribution is -2.55. The summed E-state index contributed by atoms with van der Waals surface area (Å²) in [4.78, 5) is 60.9. The molecular formula is C43H48Cl2FN9O5. The number of imide groups is 2. The highest BCUT2D eigenvalue weighted by Crippen LogP contribution is 2.38. The Morgan fingerprint density at radius 3 is 2.45 bits per heavy atom. The van der Waals surface area contributed by atoms with Crippen molar-refractivity contribution in [2.24, 2.45) is 0 Å². The number of nitrogens with two attached hydrogens (primary N) is 1. The summed E-state index contributed by atoms with van der Waals surface area (Å²) in [5, 5.41) is 10.6. The predicted octanol–water partition coefficient (Wildman–Crippen LogP) is 6.51. The highest BCUT2D eigenvalue weighted by molar-refractivity contribution is 6.36. The van der Waals surface area contributed by atoms with Gasteiger partial charge in [0.1, 0.15) is 18.0 Å². The molecule has 4 amide bonds. The van der Waals surface area contributed by atoms with Gasteiger partial charge in [-0.3, -0.25) is 39.0 Å². The van der Waals surface area contributed by atoms with Gasteiger partial charge in [0, 0.05) is 72.4 Å². The molecule has 6 heterocycles. The number of nitrogen functional groups attached to an aromatic ring is 1. The molecule has 60 heavy (non-hydrogen) atoms. The molecule has 4 aromatic rings. The Morgan fingerprint density at radius 2 is 1.70 bits per heavy atom. The van der Waals surface area contributed by atoms with Crippen molar-refractivity contribution in [1.82, 2.24) is 34.8 Å². The summed E-state index contributed by atoms with van der Waals surface area (Å²) >= 11 is 12.5. The standard InChI is InChI=1S/C43H48Cl2FN9O5/c1-25(37-31(44)9-10-32(46)39(37)45)60-35-19-26(20-48-40(35)47)27-21-49-54(22-27)29-13-17-52(18-14-29)15-4-2-3-5-16-53-23-28(24-53)50-33-8-6-7-30-38(33)43(59)55(42(30)58)34-11-12-36(56)51-41(34)57/h6-10,19-22,25,28-29,34,50H,2-5,11-18,23-24H2,1H3,(H2,47,48)(H,51,56,57). The zero-order chi connectivity index (χ0) is 42.1. The molecule has 0 spiro atoms. The van der Waals surface area contributed by atoms with E-state index in [2.05, 4.69) is 25.4 Å². The van der Waals surface area contributed by atoms with E-state index in [1.807, 2.05) is 17.1 Å². The molecule has 4 aliphatic rings. The van der Waals surface area contributed by atoms with E-state index >= 15 is 0 Å². The molecule has 0 saturated carbocycles. The van der Waals surface area contributed by atoms with Gasteiger partial charge in [0.15, 0.2) is 11.6 Å². The van der Waals surface area contributed by atoms with E-state index in [0.717, 1.165) is 87.4 Å². The molecule has 0 radical (unpaired) electrons. The van der Waals surface area contributed by atoms with E-state index in [1.54, 1.807) is 37.4 Å². The van der Waals surface area contributed by atoms with Crippen LogP contribution in [-0.4, -0.2) is 104 Å². The van der Waals surface area contributed by atoms with E-state index in [9.17, 15) is 23.6 Å². The maximum atomic E-state index is 14.1. The Labute approximate surface area is 357 Å². The first-order chi connectivity index (χ1) is 28.9. The van der Waals surface area contributed by atoms with Gasteiger partial charge in [-0.15, -0.1) is 0 Å². The summed E-state index contributed by atoms with van der Waals surface area (Å²) in [6.45, 7) is 7.57. The van der Waals surface area contributed by atoms with Crippen LogP contribution in [0.25, 0.3) is 11.1 Å². The third-order valence-corrected chi connectivity index (χ3v) is 12.7. The topological polar surface area (TPSA) is 168 Å². The number of likely N-dealkylation sites (tertiary alicyclic amines) is 2. The number of pyridine rings is 1. The van der Waals surface area contributed by atoms with Crippen LogP contribution in [0.4, 0.5) is 15.9 Å². The number of rotatable bonds is 15. The zero-order valence-corrected chi connectivity index (χ0v) is 34.9. The van der Waals surface area contributed by atoms with Gasteiger partial charge >= 0.3 is 0 Å². The number of nitrogens with zero attached hydrogens (tertiary/aromatic N) is 6. The van der Waals surface area contributed by atoms with Crippen LogP contribution < -0.4 is 21.1 Å². The number of piperidine rings is 2. The Hall–Kier alpha value is -5.09. The third-order valence-electron chi connectivity index (χ3n) is 12.0. The third kappa shape index (κ3) is 8.71. The number of hydrogen-bond donors (Lipinski definition) is 3. The molecule has 2 aromatic heterocycles. The maximum Gasteiger partial charge on any atom is 0.264 e. The molecule has 0 aliphatic carbocycles. The number of carbonyl (C=O) groups excluding carboxylic acids is 4. The summed E-state index contributed by atoms with van der Waals surface area (Å²) in [5.74, 6) is -2.04. The van der Waals surface area contributed by atoms with Gasteiger partial charge in [-0.2, -0.15) is 5.10 Å². The largest absolute Gasteiger partial charge is 0.482 e. The summed E-state index contributed by atoms with van der Waals surface area (Å²) in [7, 11) is 0. The summed E-state index contributed by atoms with van der Waals surface area (Å²) in [6.07, 6.45) is 11.7. The number of unbranched alkanes of at least 4 members (excludes halogenated alkanes) is 3. The van der Waals surface area contributed by atoms with Crippen molar-refractivity contribution >= 4 is 58.3 Å². The lowest BCUT2D eigenvalue weighted by molar-refractivity contribution is -0.136. The van der Waals surface area contributed by atoms with Crippen LogP contribution in [-0.2, 0) is 9.59 Å². The van der Waals surface area contributed by atoms with Crippen molar-refractivity contribution in [3.8, 4) is 16.9 Å². The first-order valence-electron chi connectivity index (χ1n) is 20.6. The lowest BCUT2D eigenvalue weighted by Gasteiger charge is -2.40. The molecule has 14 nitrogen and oxygen atoms in total. The van der Waals surface area contributed by atoms with Crippen molar-refractivity contribution in [3.63, 3.8) is 0 Å². The van der Waals surface area contributed by atoms with Crippen LogP contribution >= 0.6 is 23.2 Å². The van der Waals surface area contributed by atoms with Crippen LogP contribution in [0.15, 0.2) is 55.0 Å². The van der Waals surface area contributed by atoms with Crippen LogP contribution in [0, 0.1) is 5.82 Å². The summed E-state index contributed by atoms with van der Waals surface area (Å²) < 4.78 is 22.3. The molecule has 0 bridgehead atoms. The van der Waals surface area contributed by atoms with Crippen molar-refractivity contribution in [2.45, 2.75) is 82.5 Å². The Balaban J connectivity index is 0.725. The number of nitrogens with one attached hydrogen (secondary N) is 2. The number of hydrogen-bond acceptors (Lipinski definition) is 11. The van der Waals surface area contributed by atoms with E-state index in [-0.39, 0.29) is 35.3 Å². The van der Waals surface area contributed by atoms with Gasteiger partial charge in [0.2, 0.25) is 11.8 Å². The fourth-order valence-corrected chi connectivity index (χ4v) is 9.37. The predicted molar refractivity (Wildman–Crippen MR) is 225 cm³/mol. The highest BCUT2D eigenvalue weighted by atomic mass is 35.5. The number of halogens is 3. The molecular weight excluding hydrogens is 812 g/mol. The first kappa shape index (κ1) is 41.6. The smallest absolute Gasteiger partial charge is 0.264 e. The van der Waals surface area contributed by atoms with Gasteiger partial charge < -0.3 is 20.7 Å². The van der Waals surface area contributed by atoms with Crippen molar-refractivity contribution < 1.29 is 28.3 Å². The van der Waals surface area contributed by atoms with Crippen molar-refractivity contribution in [1.29, 1.82) is 0 Å². The number of ether oxygens (including phenoxy) is 1. The van der Waals surface area contributed by atoms with Crippen LogP contribution in [0.1, 0.15) is 96.7 Å². The quantitative estimate of drug-likeness (QED) is 0.0678. The molecule has 316 valence electrons. The van der Waals surface area contributed by atoms with E-state index in [0.29, 0.717) is 33.6 Å². The Morgan fingerprint density at radius 1 is 0.950 bits per heavy atom. The maximum absolute atomic E-state index is 14.1. The van der Waals surface area contributed by atoms with Crippen LogP contribution in [0.2, 0.25) is 10.0 Å². The Bertz CT molecular complexity index is 2290. The average molecular weight is 861 g/mol. The summed E-state index contributed by atoms with van der Waals surface area (Å²) in [6, 6.07) is 9.11. The van der Waals surface area contributed by atoms with E-state index in [4.69, 9.17) is 38.8 Å². The minimum Gasteiger partial charge on any atom is -0.482 e. The molecule has 3 saturated heterocycles. The minimum atomic E-state index is -0.982.